The van der Waals surface area contributed by atoms with Crippen molar-refractivity contribution in [3.8, 4) is 5.75 Å². The summed E-state index contributed by atoms with van der Waals surface area (Å²) in [6.45, 7) is 4.32. The van der Waals surface area contributed by atoms with E-state index < -0.39 is 11.7 Å². The Morgan fingerprint density at radius 2 is 2.00 bits per heavy atom. The maximum absolute atomic E-state index is 13.2. The summed E-state index contributed by atoms with van der Waals surface area (Å²) < 4.78 is 50.9. The van der Waals surface area contributed by atoms with E-state index in [1.807, 2.05) is 0 Å². The van der Waals surface area contributed by atoms with Gasteiger partial charge in [-0.2, -0.15) is 18.2 Å². The van der Waals surface area contributed by atoms with Gasteiger partial charge in [0, 0.05) is 37.5 Å². The van der Waals surface area contributed by atoms with Crippen molar-refractivity contribution in [3.63, 3.8) is 0 Å². The minimum absolute atomic E-state index is 0.0183. The van der Waals surface area contributed by atoms with Crippen molar-refractivity contribution in [2.45, 2.75) is 25.9 Å². The largest absolute Gasteiger partial charge is 0.491 e. The Morgan fingerprint density at radius 3 is 2.64 bits per heavy atom. The van der Waals surface area contributed by atoms with E-state index in [0.29, 0.717) is 61.4 Å². The highest BCUT2D eigenvalue weighted by atomic mass is 19.4. The van der Waals surface area contributed by atoms with Crippen LogP contribution in [0.1, 0.15) is 34.3 Å². The zero-order valence-corrected chi connectivity index (χ0v) is 18.5. The van der Waals surface area contributed by atoms with Crippen molar-refractivity contribution in [2.75, 3.05) is 50.6 Å². The lowest BCUT2D eigenvalue weighted by molar-refractivity contribution is -0.137. The Morgan fingerprint density at radius 1 is 1.27 bits per heavy atom. The molecule has 0 atom stereocenters. The second-order valence-corrected chi connectivity index (χ2v) is 8.10. The monoisotopic (exact) mass is 465 g/mol. The molecular formula is C22H26F3N5O3. The number of rotatable bonds is 7. The van der Waals surface area contributed by atoms with Crippen LogP contribution >= 0.6 is 0 Å². The van der Waals surface area contributed by atoms with Gasteiger partial charge in [0.1, 0.15) is 17.1 Å². The number of anilines is 3. The predicted molar refractivity (Wildman–Crippen MR) is 116 cm³/mol. The number of hydrogen-bond donors (Lipinski definition) is 2. The van der Waals surface area contributed by atoms with E-state index in [0.717, 1.165) is 19.0 Å². The zero-order valence-electron chi connectivity index (χ0n) is 18.5. The molecule has 1 aliphatic carbocycles. The number of morpholine rings is 1. The quantitative estimate of drug-likeness (QED) is 0.642. The fourth-order valence-electron chi connectivity index (χ4n) is 3.59. The molecule has 1 saturated heterocycles. The minimum Gasteiger partial charge on any atom is -0.491 e. The average molecular weight is 465 g/mol. The van der Waals surface area contributed by atoms with Crippen molar-refractivity contribution < 1.29 is 27.4 Å². The van der Waals surface area contributed by atoms with Gasteiger partial charge in [0.2, 0.25) is 5.95 Å². The van der Waals surface area contributed by atoms with Crippen LogP contribution < -0.4 is 15.4 Å². The van der Waals surface area contributed by atoms with E-state index in [1.165, 1.54) is 7.05 Å². The fourth-order valence-corrected chi connectivity index (χ4v) is 3.59. The summed E-state index contributed by atoms with van der Waals surface area (Å²) in [5, 5.41) is 5.42. The van der Waals surface area contributed by atoms with Crippen LogP contribution in [0.3, 0.4) is 0 Å². The van der Waals surface area contributed by atoms with E-state index >= 15 is 0 Å². The molecule has 1 aromatic heterocycles. The molecule has 0 unspecified atom stereocenters. The third-order valence-corrected chi connectivity index (χ3v) is 5.67. The zero-order chi connectivity index (χ0) is 23.6. The van der Waals surface area contributed by atoms with E-state index in [2.05, 4.69) is 20.6 Å². The summed E-state index contributed by atoms with van der Waals surface area (Å²) in [5.74, 6) is 0.470. The van der Waals surface area contributed by atoms with Gasteiger partial charge in [-0.15, -0.1) is 0 Å². The van der Waals surface area contributed by atoms with Gasteiger partial charge >= 0.3 is 6.18 Å². The highest BCUT2D eigenvalue weighted by Gasteiger charge is 2.35. The van der Waals surface area contributed by atoms with E-state index in [-0.39, 0.29) is 17.7 Å². The molecular weight excluding hydrogens is 439 g/mol. The topological polar surface area (TPSA) is 88.6 Å². The molecule has 2 aromatic rings. The SMILES string of the molecule is CNc1nc(Nc2ccc(C(=O)N3CCOCC3)c(C)c2OCC2CC2)ncc1C(F)(F)F. The molecule has 1 amide bonds. The number of carbonyl (C=O) groups excluding carboxylic acids is 1. The van der Waals surface area contributed by atoms with Crippen LogP contribution in [-0.4, -0.2) is 60.7 Å². The van der Waals surface area contributed by atoms with Crippen LogP contribution in [0.5, 0.6) is 5.75 Å². The van der Waals surface area contributed by atoms with Crippen LogP contribution in [0.15, 0.2) is 18.3 Å². The van der Waals surface area contributed by atoms with Gasteiger partial charge in [0.05, 0.1) is 25.5 Å². The maximum atomic E-state index is 13.2. The lowest BCUT2D eigenvalue weighted by atomic mass is 10.0. The number of ether oxygens (including phenoxy) is 2. The van der Waals surface area contributed by atoms with Gasteiger partial charge in [-0.25, -0.2) is 4.98 Å². The molecule has 1 aromatic carbocycles. The second-order valence-electron chi connectivity index (χ2n) is 8.10. The number of nitrogens with zero attached hydrogens (tertiary/aromatic N) is 3. The second kappa shape index (κ2) is 9.42. The molecule has 178 valence electrons. The predicted octanol–water partition coefficient (Wildman–Crippen LogP) is 3.85. The maximum Gasteiger partial charge on any atom is 0.421 e. The van der Waals surface area contributed by atoms with Crippen molar-refractivity contribution in [3.05, 3.63) is 35.0 Å². The van der Waals surface area contributed by atoms with Gasteiger partial charge in [-0.3, -0.25) is 4.79 Å². The number of amides is 1. The van der Waals surface area contributed by atoms with Gasteiger partial charge in [-0.05, 0) is 37.8 Å². The number of halogens is 3. The highest BCUT2D eigenvalue weighted by Crippen LogP contribution is 2.38. The average Bonchev–Trinajstić information content (AvgIpc) is 3.63. The summed E-state index contributed by atoms with van der Waals surface area (Å²) in [6.07, 6.45) is -1.67. The first kappa shape index (κ1) is 23.1. The summed E-state index contributed by atoms with van der Waals surface area (Å²) in [7, 11) is 1.36. The van der Waals surface area contributed by atoms with Crippen LogP contribution in [0.2, 0.25) is 0 Å². The van der Waals surface area contributed by atoms with Gasteiger partial charge in [-0.1, -0.05) is 0 Å². The summed E-state index contributed by atoms with van der Waals surface area (Å²) in [6, 6.07) is 3.35. The first-order valence-corrected chi connectivity index (χ1v) is 10.8. The number of alkyl halides is 3. The number of nitrogens with one attached hydrogen (secondary N) is 2. The molecule has 0 bridgehead atoms. The Kier molecular flexibility index (Phi) is 6.59. The van der Waals surface area contributed by atoms with E-state index in [4.69, 9.17) is 9.47 Å². The standard InChI is InChI=1S/C22H26F3N5O3/c1-13-15(20(31)30-7-9-32-10-8-30)5-6-17(18(13)33-12-14-3-4-14)28-21-27-11-16(22(23,24)25)19(26-2)29-21/h5-6,11,14H,3-4,7-10,12H2,1-2H3,(H2,26,27,28,29). The van der Waals surface area contributed by atoms with Gasteiger partial charge in [0.15, 0.2) is 0 Å². The molecule has 2 N–H and O–H groups in total. The van der Waals surface area contributed by atoms with Crippen molar-refractivity contribution >= 4 is 23.4 Å². The Labute approximate surface area is 189 Å². The molecule has 8 nitrogen and oxygen atoms in total. The van der Waals surface area contributed by atoms with E-state index in [1.54, 1.807) is 24.0 Å². The molecule has 33 heavy (non-hydrogen) atoms. The smallest absolute Gasteiger partial charge is 0.421 e. The molecule has 1 aliphatic heterocycles. The Hall–Kier alpha value is -3.08. The fraction of sp³-hybridized carbons (Fsp3) is 0.500. The van der Waals surface area contributed by atoms with Gasteiger partial charge < -0.3 is 25.0 Å². The van der Waals surface area contributed by atoms with Gasteiger partial charge in [0.25, 0.3) is 5.91 Å². The summed E-state index contributed by atoms with van der Waals surface area (Å²) in [5.41, 5.74) is 0.687. The third kappa shape index (κ3) is 5.29. The van der Waals surface area contributed by atoms with Crippen LogP contribution in [0, 0.1) is 12.8 Å². The van der Waals surface area contributed by atoms with Crippen molar-refractivity contribution in [1.29, 1.82) is 0 Å². The normalized spacial score (nSPS) is 16.5. The number of benzene rings is 1. The lowest BCUT2D eigenvalue weighted by Crippen LogP contribution is -2.41. The molecule has 0 radical (unpaired) electrons. The van der Waals surface area contributed by atoms with Crippen molar-refractivity contribution in [1.82, 2.24) is 14.9 Å². The molecule has 2 aliphatic rings. The first-order valence-electron chi connectivity index (χ1n) is 10.8. The summed E-state index contributed by atoms with van der Waals surface area (Å²) in [4.78, 5) is 22.6. The van der Waals surface area contributed by atoms with Crippen LogP contribution in [0.25, 0.3) is 0 Å². The minimum atomic E-state index is -4.58. The number of hydrogen-bond acceptors (Lipinski definition) is 7. The molecule has 1 saturated carbocycles. The van der Waals surface area contributed by atoms with Crippen molar-refractivity contribution in [2.24, 2.45) is 5.92 Å². The molecule has 11 heteroatoms. The number of carbonyl (C=O) groups is 1. The van der Waals surface area contributed by atoms with Crippen LogP contribution in [0.4, 0.5) is 30.6 Å². The molecule has 2 fully saturated rings. The number of aromatic nitrogens is 2. The summed E-state index contributed by atoms with van der Waals surface area (Å²) >= 11 is 0. The highest BCUT2D eigenvalue weighted by molar-refractivity contribution is 5.97. The molecule has 0 spiro atoms. The molecule has 4 rings (SSSR count). The first-order chi connectivity index (χ1) is 15.8. The third-order valence-electron chi connectivity index (χ3n) is 5.67. The molecule has 2 heterocycles. The Balaban J connectivity index is 1.64. The van der Waals surface area contributed by atoms with E-state index in [9.17, 15) is 18.0 Å². The van der Waals surface area contributed by atoms with Crippen LogP contribution in [-0.2, 0) is 10.9 Å². The lowest BCUT2D eigenvalue weighted by Gasteiger charge is -2.28. The Bertz CT molecular complexity index is 1020.